The number of nitrogens with zero attached hydrogens (tertiary/aromatic N) is 1. The second-order valence-electron chi connectivity index (χ2n) is 4.47. The molecule has 2 N–H and O–H groups in total. The van der Waals surface area contributed by atoms with E-state index in [1.54, 1.807) is 5.32 Å². The lowest BCUT2D eigenvalue weighted by Crippen LogP contribution is -2.19. The van der Waals surface area contributed by atoms with Crippen LogP contribution in [0, 0.1) is 36.0 Å². The van der Waals surface area contributed by atoms with E-state index in [1.165, 1.54) is 13.0 Å². The first-order valence-corrected chi connectivity index (χ1v) is 7.21. The van der Waals surface area contributed by atoms with Crippen molar-refractivity contribution in [1.82, 2.24) is 9.97 Å². The summed E-state index contributed by atoms with van der Waals surface area (Å²) in [5.41, 5.74) is -1.53. The number of aromatic nitrogens is 2. The Morgan fingerprint density at radius 1 is 1.12 bits per heavy atom. The van der Waals surface area contributed by atoms with Crippen LogP contribution in [0.1, 0.15) is 5.69 Å². The lowest BCUT2D eigenvalue weighted by Gasteiger charge is -2.09. The fourth-order valence-corrected chi connectivity index (χ4v) is 2.37. The predicted molar refractivity (Wildman–Crippen MR) is 75.2 cm³/mol. The Morgan fingerprint density at radius 2 is 1.67 bits per heavy atom. The van der Waals surface area contributed by atoms with E-state index in [0.29, 0.717) is 17.5 Å². The molecule has 128 valence electrons. The number of H-pyrrole nitrogens is 1. The summed E-state index contributed by atoms with van der Waals surface area (Å²) in [6.07, 6.45) is 0. The normalized spacial score (nSPS) is 10.8. The molecular weight excluding hydrogens is 357 g/mol. The molecule has 0 aliphatic heterocycles. The number of hydrogen-bond acceptors (Lipinski definition) is 4. The predicted octanol–water partition coefficient (Wildman–Crippen LogP) is 2.50. The number of anilines is 1. The maximum Gasteiger partial charge on any atom is 0.251 e. The van der Waals surface area contributed by atoms with Crippen LogP contribution in [-0.4, -0.2) is 21.6 Å². The number of aryl methyl sites for hydroxylation is 1. The zero-order chi connectivity index (χ0) is 18.0. The molecule has 0 unspecified atom stereocenters. The Kier molecular flexibility index (Phi) is 5.22. The van der Waals surface area contributed by atoms with Gasteiger partial charge in [-0.2, -0.15) is 0 Å². The molecule has 24 heavy (non-hydrogen) atoms. The molecule has 0 saturated carbocycles. The summed E-state index contributed by atoms with van der Waals surface area (Å²) in [5.74, 6) is -12.5. The maximum atomic E-state index is 13.4. The van der Waals surface area contributed by atoms with Crippen LogP contribution < -0.4 is 10.9 Å². The summed E-state index contributed by atoms with van der Waals surface area (Å²) >= 11 is 0.714. The van der Waals surface area contributed by atoms with Crippen molar-refractivity contribution < 1.29 is 26.7 Å². The van der Waals surface area contributed by atoms with E-state index in [2.05, 4.69) is 9.97 Å². The molecule has 1 heterocycles. The van der Waals surface area contributed by atoms with Gasteiger partial charge in [-0.1, -0.05) is 11.8 Å². The highest BCUT2D eigenvalue weighted by atomic mass is 32.2. The average Bonchev–Trinajstić information content (AvgIpc) is 2.52. The lowest BCUT2D eigenvalue weighted by molar-refractivity contribution is -0.113. The number of rotatable bonds is 4. The number of hydrogen-bond donors (Lipinski definition) is 2. The highest BCUT2D eigenvalue weighted by Gasteiger charge is 2.26. The third kappa shape index (κ3) is 3.72. The van der Waals surface area contributed by atoms with E-state index in [4.69, 9.17) is 0 Å². The fourth-order valence-electron chi connectivity index (χ4n) is 1.64. The van der Waals surface area contributed by atoms with Crippen LogP contribution in [0.5, 0.6) is 0 Å². The number of nitrogens with one attached hydrogen (secondary N) is 2. The zero-order valence-corrected chi connectivity index (χ0v) is 12.7. The Hall–Kier alpha value is -2.43. The smallest absolute Gasteiger partial charge is 0.251 e. The topological polar surface area (TPSA) is 74.8 Å². The van der Waals surface area contributed by atoms with Crippen LogP contribution in [0.15, 0.2) is 16.0 Å². The van der Waals surface area contributed by atoms with Crippen LogP contribution in [0.2, 0.25) is 0 Å². The molecule has 0 fully saturated rings. The van der Waals surface area contributed by atoms with Crippen molar-refractivity contribution >= 4 is 23.4 Å². The van der Waals surface area contributed by atoms with Crippen LogP contribution in [0.3, 0.4) is 0 Å². The van der Waals surface area contributed by atoms with Gasteiger partial charge in [0, 0.05) is 11.8 Å². The number of carbonyl (C=O) groups excluding carboxylic acids is 1. The molecule has 0 spiro atoms. The molecule has 0 aliphatic carbocycles. The van der Waals surface area contributed by atoms with Crippen molar-refractivity contribution in [2.24, 2.45) is 0 Å². The van der Waals surface area contributed by atoms with Gasteiger partial charge in [-0.05, 0) is 6.92 Å². The highest BCUT2D eigenvalue weighted by molar-refractivity contribution is 7.99. The van der Waals surface area contributed by atoms with E-state index < -0.39 is 52.0 Å². The summed E-state index contributed by atoms with van der Waals surface area (Å²) in [4.78, 5) is 29.1. The minimum absolute atomic E-state index is 0.0626. The molecule has 5 nitrogen and oxygen atoms in total. The Bertz CT molecular complexity index is 842. The lowest BCUT2D eigenvalue weighted by atomic mass is 10.2. The van der Waals surface area contributed by atoms with E-state index >= 15 is 0 Å². The van der Waals surface area contributed by atoms with Crippen molar-refractivity contribution in [3.8, 4) is 0 Å². The first-order chi connectivity index (χ1) is 11.2. The highest BCUT2D eigenvalue weighted by Crippen LogP contribution is 2.27. The summed E-state index contributed by atoms with van der Waals surface area (Å²) in [7, 11) is 0. The van der Waals surface area contributed by atoms with Gasteiger partial charge in [0.05, 0.1) is 5.75 Å². The summed E-state index contributed by atoms with van der Waals surface area (Å²) < 4.78 is 65.8. The average molecular weight is 365 g/mol. The SMILES string of the molecule is Cc1cc(=O)[nH]c(SCC(=O)Nc2c(F)c(F)c(F)c(F)c2F)n1. The van der Waals surface area contributed by atoms with E-state index in [-0.39, 0.29) is 5.16 Å². The number of amides is 1. The second kappa shape index (κ2) is 6.99. The van der Waals surface area contributed by atoms with E-state index in [1.807, 2.05) is 0 Å². The minimum Gasteiger partial charge on any atom is -0.320 e. The molecule has 0 bridgehead atoms. The summed E-state index contributed by atoms with van der Waals surface area (Å²) in [6, 6.07) is 1.21. The number of carbonyl (C=O) groups is 1. The van der Waals surface area contributed by atoms with Crippen LogP contribution >= 0.6 is 11.8 Å². The van der Waals surface area contributed by atoms with Gasteiger partial charge in [0.25, 0.3) is 5.56 Å². The molecule has 2 aromatic rings. The van der Waals surface area contributed by atoms with Crippen molar-refractivity contribution in [2.75, 3.05) is 11.1 Å². The van der Waals surface area contributed by atoms with E-state index in [9.17, 15) is 31.5 Å². The first-order valence-electron chi connectivity index (χ1n) is 6.22. The molecule has 1 aromatic carbocycles. The molecule has 11 heteroatoms. The quantitative estimate of drug-likeness (QED) is 0.287. The van der Waals surface area contributed by atoms with Gasteiger partial charge in [0.15, 0.2) is 28.4 Å². The van der Waals surface area contributed by atoms with E-state index in [0.717, 1.165) is 0 Å². The van der Waals surface area contributed by atoms with Gasteiger partial charge in [0.2, 0.25) is 11.7 Å². The molecule has 1 aromatic heterocycles. The minimum atomic E-state index is -2.32. The third-order valence-corrected chi connectivity index (χ3v) is 3.54. The molecule has 1 amide bonds. The number of aromatic amines is 1. The largest absolute Gasteiger partial charge is 0.320 e. The second-order valence-corrected chi connectivity index (χ2v) is 5.44. The zero-order valence-electron chi connectivity index (χ0n) is 11.8. The van der Waals surface area contributed by atoms with Crippen molar-refractivity contribution in [3.05, 3.63) is 51.2 Å². The van der Waals surface area contributed by atoms with Gasteiger partial charge in [-0.3, -0.25) is 9.59 Å². The van der Waals surface area contributed by atoms with Crippen LogP contribution in [0.25, 0.3) is 0 Å². The molecule has 2 rings (SSSR count). The Morgan fingerprint density at radius 3 is 2.21 bits per heavy atom. The molecule has 0 aliphatic rings. The Labute approximate surface area is 135 Å². The van der Waals surface area contributed by atoms with Gasteiger partial charge in [-0.15, -0.1) is 0 Å². The fraction of sp³-hybridized carbons (Fsp3) is 0.154. The number of benzene rings is 1. The van der Waals surface area contributed by atoms with Gasteiger partial charge in [-0.25, -0.2) is 26.9 Å². The Balaban J connectivity index is 2.14. The third-order valence-electron chi connectivity index (χ3n) is 2.66. The maximum absolute atomic E-state index is 13.4. The van der Waals surface area contributed by atoms with Gasteiger partial charge in [0.1, 0.15) is 5.69 Å². The van der Waals surface area contributed by atoms with Crippen LogP contribution in [0.4, 0.5) is 27.6 Å². The van der Waals surface area contributed by atoms with Gasteiger partial charge < -0.3 is 10.3 Å². The molecular formula is C13H8F5N3O2S. The standard InChI is InChI=1S/C13H8F5N3O2S/c1-4-2-5(22)21-13(19-4)24-3-6(23)20-12-10(17)8(15)7(14)9(16)11(12)18/h2H,3H2,1H3,(H,20,23)(H,19,21,22). The molecule has 0 atom stereocenters. The van der Waals surface area contributed by atoms with Crippen LogP contribution in [-0.2, 0) is 4.79 Å². The van der Waals surface area contributed by atoms with Crippen molar-refractivity contribution in [1.29, 1.82) is 0 Å². The number of thioether (sulfide) groups is 1. The monoisotopic (exact) mass is 365 g/mol. The summed E-state index contributed by atoms with van der Waals surface area (Å²) in [6.45, 7) is 1.54. The number of halogens is 5. The van der Waals surface area contributed by atoms with Gasteiger partial charge >= 0.3 is 0 Å². The summed E-state index contributed by atoms with van der Waals surface area (Å²) in [5, 5.41) is 1.67. The first kappa shape index (κ1) is 17.9. The van der Waals surface area contributed by atoms with Crippen molar-refractivity contribution in [2.45, 2.75) is 12.1 Å². The molecule has 0 saturated heterocycles. The van der Waals surface area contributed by atoms with Crippen molar-refractivity contribution in [3.63, 3.8) is 0 Å². The molecule has 0 radical (unpaired) electrons.